The van der Waals surface area contributed by atoms with Crippen LogP contribution in [0.4, 0.5) is 0 Å². The second kappa shape index (κ2) is 5.89. The molecule has 1 unspecified atom stereocenters. The number of rotatable bonds is 4. The van der Waals surface area contributed by atoms with Gasteiger partial charge in [0.2, 0.25) is 0 Å². The van der Waals surface area contributed by atoms with E-state index in [2.05, 4.69) is 75.4 Å². The second-order valence-corrected chi connectivity index (χ2v) is 5.85. The molecule has 0 saturated carbocycles. The summed E-state index contributed by atoms with van der Waals surface area (Å²) < 4.78 is 0. The molecular formula is C17H18BrN. The Bertz CT molecular complexity index is 513. The van der Waals surface area contributed by atoms with Gasteiger partial charge in [0.05, 0.1) is 0 Å². The molecule has 0 aromatic heterocycles. The van der Waals surface area contributed by atoms with Gasteiger partial charge in [-0.15, -0.1) is 0 Å². The average molecular weight is 316 g/mol. The lowest BCUT2D eigenvalue weighted by Crippen LogP contribution is -2.24. The van der Waals surface area contributed by atoms with Crippen LogP contribution >= 0.6 is 15.9 Å². The summed E-state index contributed by atoms with van der Waals surface area (Å²) in [6.07, 6.45) is 0. The molecule has 1 nitrogen and oxygen atoms in total. The minimum Gasteiger partial charge on any atom is -0.294 e. The molecule has 1 atom stereocenters. The molecular weight excluding hydrogens is 298 g/mol. The van der Waals surface area contributed by atoms with Gasteiger partial charge in [-0.3, -0.25) is 4.90 Å². The van der Waals surface area contributed by atoms with Crippen LogP contribution in [-0.2, 0) is 13.1 Å². The van der Waals surface area contributed by atoms with Crippen LogP contribution in [0.2, 0.25) is 0 Å². The summed E-state index contributed by atoms with van der Waals surface area (Å²) in [5.41, 5.74) is 4.41. The summed E-state index contributed by atoms with van der Waals surface area (Å²) in [6.45, 7) is 3.29. The molecule has 0 aliphatic carbocycles. The maximum Gasteiger partial charge on any atom is 0.0240 e. The summed E-state index contributed by atoms with van der Waals surface area (Å²) in [7, 11) is 0. The molecule has 19 heavy (non-hydrogen) atoms. The van der Waals surface area contributed by atoms with Crippen molar-refractivity contribution < 1.29 is 0 Å². The Labute approximate surface area is 123 Å². The van der Waals surface area contributed by atoms with E-state index in [1.807, 2.05) is 0 Å². The molecule has 0 radical (unpaired) electrons. The van der Waals surface area contributed by atoms with Crippen molar-refractivity contribution in [3.8, 4) is 0 Å². The Kier molecular flexibility index (Phi) is 4.00. The number of hydrogen-bond donors (Lipinski definition) is 0. The van der Waals surface area contributed by atoms with Crippen LogP contribution in [0.3, 0.4) is 0 Å². The zero-order chi connectivity index (χ0) is 13.1. The minimum absolute atomic E-state index is 0.565. The zero-order valence-corrected chi connectivity index (χ0v) is 12.5. The first-order valence-electron chi connectivity index (χ1n) is 6.77. The van der Waals surface area contributed by atoms with Crippen molar-refractivity contribution in [1.29, 1.82) is 0 Å². The van der Waals surface area contributed by atoms with Crippen LogP contribution in [0.25, 0.3) is 0 Å². The van der Waals surface area contributed by atoms with Gasteiger partial charge in [0, 0.05) is 30.9 Å². The Morgan fingerprint density at radius 1 is 0.895 bits per heavy atom. The zero-order valence-electron chi connectivity index (χ0n) is 10.9. The van der Waals surface area contributed by atoms with Gasteiger partial charge in [-0.25, -0.2) is 0 Å². The van der Waals surface area contributed by atoms with E-state index < -0.39 is 0 Å². The summed E-state index contributed by atoms with van der Waals surface area (Å²) in [4.78, 5) is 2.55. The van der Waals surface area contributed by atoms with Crippen LogP contribution in [-0.4, -0.2) is 16.8 Å². The summed E-state index contributed by atoms with van der Waals surface area (Å²) in [5, 5.41) is 1.02. The number of halogens is 1. The van der Waals surface area contributed by atoms with Crippen molar-refractivity contribution in [3.05, 3.63) is 71.3 Å². The van der Waals surface area contributed by atoms with Gasteiger partial charge < -0.3 is 0 Å². The highest BCUT2D eigenvalue weighted by molar-refractivity contribution is 9.09. The first-order valence-corrected chi connectivity index (χ1v) is 7.89. The van der Waals surface area contributed by atoms with E-state index >= 15 is 0 Å². The smallest absolute Gasteiger partial charge is 0.0240 e. The molecule has 0 saturated heterocycles. The van der Waals surface area contributed by atoms with Gasteiger partial charge >= 0.3 is 0 Å². The third-order valence-corrected chi connectivity index (χ3v) is 4.62. The Morgan fingerprint density at radius 3 is 2.05 bits per heavy atom. The molecule has 1 aliphatic rings. The molecule has 0 spiro atoms. The fourth-order valence-corrected chi connectivity index (χ4v) is 3.39. The fraction of sp³-hybridized carbons (Fsp3) is 0.294. The van der Waals surface area contributed by atoms with E-state index in [0.717, 1.165) is 25.0 Å². The topological polar surface area (TPSA) is 3.24 Å². The molecule has 0 bridgehead atoms. The molecule has 98 valence electrons. The lowest BCUT2D eigenvalue weighted by Gasteiger charge is -2.22. The standard InChI is InChI=1S/C17H18BrN/c18-10-17(14-6-2-1-3-7-14)13-19-11-15-8-4-5-9-16(15)12-19/h1-9,17H,10-13H2. The highest BCUT2D eigenvalue weighted by Gasteiger charge is 2.21. The number of hydrogen-bond acceptors (Lipinski definition) is 1. The minimum atomic E-state index is 0.565. The van der Waals surface area contributed by atoms with Crippen LogP contribution in [0.15, 0.2) is 54.6 Å². The van der Waals surface area contributed by atoms with E-state index in [1.54, 1.807) is 0 Å². The molecule has 0 N–H and O–H groups in total. The number of nitrogens with zero attached hydrogens (tertiary/aromatic N) is 1. The summed E-state index contributed by atoms with van der Waals surface area (Å²) >= 11 is 3.67. The second-order valence-electron chi connectivity index (χ2n) is 5.20. The van der Waals surface area contributed by atoms with E-state index in [-0.39, 0.29) is 0 Å². The van der Waals surface area contributed by atoms with Crippen molar-refractivity contribution in [3.63, 3.8) is 0 Å². The third-order valence-electron chi connectivity index (χ3n) is 3.84. The van der Waals surface area contributed by atoms with Gasteiger partial charge in [-0.05, 0) is 16.7 Å². The molecule has 1 aliphatic heterocycles. The molecule has 2 aromatic rings. The van der Waals surface area contributed by atoms with Gasteiger partial charge in [-0.1, -0.05) is 70.5 Å². The molecule has 3 rings (SSSR count). The predicted octanol–water partition coefficient (Wildman–Crippen LogP) is 4.18. The fourth-order valence-electron chi connectivity index (χ4n) is 2.81. The van der Waals surface area contributed by atoms with Gasteiger partial charge in [0.25, 0.3) is 0 Å². The highest BCUT2D eigenvalue weighted by Crippen LogP contribution is 2.26. The van der Waals surface area contributed by atoms with E-state index in [0.29, 0.717) is 5.92 Å². The Hall–Kier alpha value is -1.12. The van der Waals surface area contributed by atoms with Gasteiger partial charge in [0.1, 0.15) is 0 Å². The van der Waals surface area contributed by atoms with Crippen molar-refractivity contribution in [2.45, 2.75) is 19.0 Å². The number of alkyl halides is 1. The third kappa shape index (κ3) is 2.90. The van der Waals surface area contributed by atoms with Crippen molar-refractivity contribution in [2.75, 3.05) is 11.9 Å². The van der Waals surface area contributed by atoms with E-state index in [1.165, 1.54) is 16.7 Å². The normalized spacial score (nSPS) is 16.3. The van der Waals surface area contributed by atoms with Gasteiger partial charge in [-0.2, -0.15) is 0 Å². The predicted molar refractivity (Wildman–Crippen MR) is 83.5 cm³/mol. The maximum absolute atomic E-state index is 3.67. The maximum atomic E-state index is 3.67. The van der Waals surface area contributed by atoms with Crippen LogP contribution in [0, 0.1) is 0 Å². The molecule has 2 heteroatoms. The molecule has 0 fully saturated rings. The monoisotopic (exact) mass is 315 g/mol. The Morgan fingerprint density at radius 2 is 1.47 bits per heavy atom. The highest BCUT2D eigenvalue weighted by atomic mass is 79.9. The largest absolute Gasteiger partial charge is 0.294 e. The first kappa shape index (κ1) is 12.9. The van der Waals surface area contributed by atoms with Crippen molar-refractivity contribution in [2.24, 2.45) is 0 Å². The van der Waals surface area contributed by atoms with Crippen LogP contribution in [0.5, 0.6) is 0 Å². The Balaban J connectivity index is 1.69. The molecule has 0 amide bonds. The summed E-state index contributed by atoms with van der Waals surface area (Å²) in [6, 6.07) is 19.6. The van der Waals surface area contributed by atoms with E-state index in [4.69, 9.17) is 0 Å². The molecule has 2 aromatic carbocycles. The SMILES string of the molecule is BrCC(CN1Cc2ccccc2C1)c1ccccc1. The summed E-state index contributed by atoms with van der Waals surface area (Å²) in [5.74, 6) is 0.565. The average Bonchev–Trinajstić information content (AvgIpc) is 2.88. The van der Waals surface area contributed by atoms with Gasteiger partial charge in [0.15, 0.2) is 0 Å². The lowest BCUT2D eigenvalue weighted by molar-refractivity contribution is 0.271. The van der Waals surface area contributed by atoms with Crippen molar-refractivity contribution >= 4 is 15.9 Å². The van der Waals surface area contributed by atoms with Crippen molar-refractivity contribution in [1.82, 2.24) is 4.90 Å². The number of fused-ring (bicyclic) bond motifs is 1. The quantitative estimate of drug-likeness (QED) is 0.765. The van der Waals surface area contributed by atoms with E-state index in [9.17, 15) is 0 Å². The first-order chi connectivity index (χ1) is 9.36. The lowest BCUT2D eigenvalue weighted by atomic mass is 10.0. The number of benzene rings is 2. The van der Waals surface area contributed by atoms with Crippen LogP contribution < -0.4 is 0 Å². The molecule has 1 heterocycles. The van der Waals surface area contributed by atoms with Crippen LogP contribution in [0.1, 0.15) is 22.6 Å².